The van der Waals surface area contributed by atoms with Crippen molar-refractivity contribution >= 4 is 40.4 Å². The van der Waals surface area contributed by atoms with E-state index < -0.39 is 0 Å². The van der Waals surface area contributed by atoms with Crippen LogP contribution in [0.5, 0.6) is 0 Å². The van der Waals surface area contributed by atoms with E-state index >= 15 is 0 Å². The standard InChI is InChI=1S/C15H20ClN3OS/c1-10(20)18-9-11-4-6-19(7-5-11)14-3-2-12(15(17)21)8-13(14)16/h2-3,8,11H,4-7,9H2,1H3,(H2,17,21)(H,18,20). The smallest absolute Gasteiger partial charge is 0.216 e. The number of carbonyl (C=O) groups excluding carboxylic acids is 1. The van der Waals surface area contributed by atoms with Crippen molar-refractivity contribution in [3.8, 4) is 0 Å². The summed E-state index contributed by atoms with van der Waals surface area (Å²) in [5, 5.41) is 3.57. The summed E-state index contributed by atoms with van der Waals surface area (Å²) >= 11 is 11.3. The van der Waals surface area contributed by atoms with E-state index in [-0.39, 0.29) is 5.91 Å². The molecule has 0 aromatic heterocycles. The maximum absolute atomic E-state index is 10.9. The van der Waals surface area contributed by atoms with Gasteiger partial charge in [0.25, 0.3) is 0 Å². The minimum atomic E-state index is 0.0359. The van der Waals surface area contributed by atoms with Crippen molar-refractivity contribution in [2.75, 3.05) is 24.5 Å². The highest BCUT2D eigenvalue weighted by Crippen LogP contribution is 2.30. The molecule has 0 aliphatic carbocycles. The second kappa shape index (κ2) is 7.09. The fraction of sp³-hybridized carbons (Fsp3) is 0.467. The van der Waals surface area contributed by atoms with Gasteiger partial charge in [-0.1, -0.05) is 23.8 Å². The number of halogens is 1. The summed E-state index contributed by atoms with van der Waals surface area (Å²) in [4.78, 5) is 13.6. The van der Waals surface area contributed by atoms with E-state index in [4.69, 9.17) is 29.6 Å². The fourth-order valence-corrected chi connectivity index (χ4v) is 3.01. The Kier molecular flexibility index (Phi) is 5.42. The largest absolute Gasteiger partial charge is 0.389 e. The van der Waals surface area contributed by atoms with E-state index in [1.54, 1.807) is 6.92 Å². The maximum Gasteiger partial charge on any atom is 0.216 e. The molecule has 0 spiro atoms. The Morgan fingerprint density at radius 1 is 1.48 bits per heavy atom. The number of piperidine rings is 1. The third-order valence-electron chi connectivity index (χ3n) is 3.83. The van der Waals surface area contributed by atoms with Gasteiger partial charge in [-0.15, -0.1) is 0 Å². The topological polar surface area (TPSA) is 58.4 Å². The Balaban J connectivity index is 1.96. The van der Waals surface area contributed by atoms with E-state index in [1.807, 2.05) is 18.2 Å². The third-order valence-corrected chi connectivity index (χ3v) is 4.37. The van der Waals surface area contributed by atoms with Gasteiger partial charge in [-0.05, 0) is 37.0 Å². The zero-order valence-corrected chi connectivity index (χ0v) is 13.6. The lowest BCUT2D eigenvalue weighted by molar-refractivity contribution is -0.119. The summed E-state index contributed by atoms with van der Waals surface area (Å²) in [6.07, 6.45) is 2.10. The Hall–Kier alpha value is -1.33. The van der Waals surface area contributed by atoms with Crippen LogP contribution in [0.4, 0.5) is 5.69 Å². The molecule has 1 amide bonds. The number of benzene rings is 1. The number of rotatable bonds is 4. The van der Waals surface area contributed by atoms with Crippen molar-refractivity contribution in [2.45, 2.75) is 19.8 Å². The Labute approximate surface area is 135 Å². The predicted molar refractivity (Wildman–Crippen MR) is 91.0 cm³/mol. The SMILES string of the molecule is CC(=O)NCC1CCN(c2ccc(C(N)=S)cc2Cl)CC1. The van der Waals surface area contributed by atoms with Gasteiger partial charge in [-0.2, -0.15) is 0 Å². The highest BCUT2D eigenvalue weighted by atomic mass is 35.5. The van der Waals surface area contributed by atoms with Gasteiger partial charge < -0.3 is 16.0 Å². The highest BCUT2D eigenvalue weighted by molar-refractivity contribution is 7.80. The van der Waals surface area contributed by atoms with E-state index in [2.05, 4.69) is 10.2 Å². The number of nitrogens with two attached hydrogens (primary N) is 1. The van der Waals surface area contributed by atoms with Gasteiger partial charge in [0.15, 0.2) is 0 Å². The Bertz CT molecular complexity index is 542. The number of anilines is 1. The molecule has 1 saturated heterocycles. The molecule has 1 aliphatic heterocycles. The second-order valence-corrected chi connectivity index (χ2v) is 6.24. The average molecular weight is 326 g/mol. The Morgan fingerprint density at radius 2 is 2.14 bits per heavy atom. The number of carbonyl (C=O) groups is 1. The number of nitrogens with one attached hydrogen (secondary N) is 1. The molecule has 114 valence electrons. The number of thiocarbonyl (C=S) groups is 1. The van der Waals surface area contributed by atoms with Crippen LogP contribution in [-0.2, 0) is 4.79 Å². The first-order valence-electron chi connectivity index (χ1n) is 7.06. The van der Waals surface area contributed by atoms with Crippen molar-refractivity contribution in [3.63, 3.8) is 0 Å². The van der Waals surface area contributed by atoms with Crippen molar-refractivity contribution in [3.05, 3.63) is 28.8 Å². The van der Waals surface area contributed by atoms with Crippen LogP contribution in [0, 0.1) is 5.92 Å². The maximum atomic E-state index is 10.9. The van der Waals surface area contributed by atoms with Crippen molar-refractivity contribution in [1.29, 1.82) is 0 Å². The van der Waals surface area contributed by atoms with Crippen molar-refractivity contribution in [2.24, 2.45) is 11.7 Å². The molecule has 2 rings (SSSR count). The fourth-order valence-electron chi connectivity index (χ4n) is 2.58. The normalized spacial score (nSPS) is 15.8. The first-order valence-corrected chi connectivity index (χ1v) is 7.84. The Morgan fingerprint density at radius 3 is 2.67 bits per heavy atom. The first kappa shape index (κ1) is 16.0. The molecule has 0 radical (unpaired) electrons. The molecule has 3 N–H and O–H groups in total. The van der Waals surface area contributed by atoms with Crippen LogP contribution in [0.3, 0.4) is 0 Å². The van der Waals surface area contributed by atoms with E-state index in [1.165, 1.54) is 0 Å². The third kappa shape index (κ3) is 4.32. The zero-order chi connectivity index (χ0) is 15.4. The van der Waals surface area contributed by atoms with E-state index in [0.717, 1.165) is 43.7 Å². The average Bonchev–Trinajstić information content (AvgIpc) is 2.45. The molecular formula is C15H20ClN3OS. The molecule has 0 saturated carbocycles. The molecule has 0 unspecified atom stereocenters. The lowest BCUT2D eigenvalue weighted by Gasteiger charge is -2.34. The molecule has 21 heavy (non-hydrogen) atoms. The predicted octanol–water partition coefficient (Wildman–Crippen LogP) is 2.33. The van der Waals surface area contributed by atoms with Gasteiger partial charge in [0.1, 0.15) is 4.99 Å². The molecule has 1 aliphatic rings. The van der Waals surface area contributed by atoms with Gasteiger partial charge >= 0.3 is 0 Å². The van der Waals surface area contributed by atoms with Gasteiger partial charge in [0.2, 0.25) is 5.91 Å². The molecule has 0 atom stereocenters. The van der Waals surface area contributed by atoms with Crippen molar-refractivity contribution < 1.29 is 4.79 Å². The number of hydrogen-bond acceptors (Lipinski definition) is 3. The van der Waals surface area contributed by atoms with Crippen molar-refractivity contribution in [1.82, 2.24) is 5.32 Å². The van der Waals surface area contributed by atoms with Gasteiger partial charge in [-0.25, -0.2) is 0 Å². The van der Waals surface area contributed by atoms with Crippen LogP contribution < -0.4 is 16.0 Å². The molecule has 1 aromatic carbocycles. The summed E-state index contributed by atoms with van der Waals surface area (Å²) < 4.78 is 0. The molecular weight excluding hydrogens is 306 g/mol. The van der Waals surface area contributed by atoms with Crippen LogP contribution in [0.15, 0.2) is 18.2 Å². The summed E-state index contributed by atoms with van der Waals surface area (Å²) in [7, 11) is 0. The number of hydrogen-bond donors (Lipinski definition) is 2. The van der Waals surface area contributed by atoms with E-state index in [0.29, 0.717) is 15.9 Å². The minimum absolute atomic E-state index is 0.0359. The van der Waals surface area contributed by atoms with Gasteiger partial charge in [0.05, 0.1) is 10.7 Å². The number of amides is 1. The first-order chi connectivity index (χ1) is 9.97. The zero-order valence-electron chi connectivity index (χ0n) is 12.1. The lowest BCUT2D eigenvalue weighted by Crippen LogP contribution is -2.38. The minimum Gasteiger partial charge on any atom is -0.389 e. The van der Waals surface area contributed by atoms with Crippen LogP contribution in [0.2, 0.25) is 5.02 Å². The molecule has 6 heteroatoms. The van der Waals surface area contributed by atoms with Crippen LogP contribution in [0.25, 0.3) is 0 Å². The molecule has 4 nitrogen and oxygen atoms in total. The van der Waals surface area contributed by atoms with E-state index in [9.17, 15) is 4.79 Å². The highest BCUT2D eigenvalue weighted by Gasteiger charge is 2.21. The summed E-state index contributed by atoms with van der Waals surface area (Å²) in [6, 6.07) is 5.71. The number of nitrogens with zero attached hydrogens (tertiary/aromatic N) is 1. The lowest BCUT2D eigenvalue weighted by atomic mass is 9.96. The molecule has 1 fully saturated rings. The van der Waals surface area contributed by atoms with Crippen LogP contribution in [0.1, 0.15) is 25.3 Å². The summed E-state index contributed by atoms with van der Waals surface area (Å²) in [5.74, 6) is 0.577. The van der Waals surface area contributed by atoms with Crippen LogP contribution in [-0.4, -0.2) is 30.5 Å². The van der Waals surface area contributed by atoms with Gasteiger partial charge in [0, 0.05) is 32.1 Å². The molecule has 1 aromatic rings. The van der Waals surface area contributed by atoms with Crippen LogP contribution >= 0.6 is 23.8 Å². The summed E-state index contributed by atoms with van der Waals surface area (Å²) in [5.41, 5.74) is 7.43. The monoisotopic (exact) mass is 325 g/mol. The molecule has 0 bridgehead atoms. The summed E-state index contributed by atoms with van der Waals surface area (Å²) in [6.45, 7) is 4.20. The molecule has 1 heterocycles. The van der Waals surface area contributed by atoms with Gasteiger partial charge in [-0.3, -0.25) is 4.79 Å². The quantitative estimate of drug-likeness (QED) is 0.834. The second-order valence-electron chi connectivity index (χ2n) is 5.40.